The molecule has 2 saturated heterocycles. The Kier molecular flexibility index (Phi) is 6.75. The van der Waals surface area contributed by atoms with Crippen LogP contribution in [0.5, 0.6) is 0 Å². The summed E-state index contributed by atoms with van der Waals surface area (Å²) in [6.45, 7) is 5.00. The van der Waals surface area contributed by atoms with Gasteiger partial charge in [0, 0.05) is 43.6 Å². The molecule has 7 nitrogen and oxygen atoms in total. The number of anilines is 2. The molecule has 5 rings (SSSR count). The van der Waals surface area contributed by atoms with Crippen molar-refractivity contribution >= 4 is 23.3 Å². The second kappa shape index (κ2) is 10.3. The number of benzene rings is 2. The van der Waals surface area contributed by atoms with E-state index in [9.17, 15) is 9.59 Å². The zero-order valence-corrected chi connectivity index (χ0v) is 20.1. The fourth-order valence-corrected chi connectivity index (χ4v) is 5.10. The molecule has 1 atom stereocenters. The lowest BCUT2D eigenvalue weighted by Gasteiger charge is -2.32. The van der Waals surface area contributed by atoms with Gasteiger partial charge in [-0.3, -0.25) is 9.59 Å². The summed E-state index contributed by atoms with van der Waals surface area (Å²) < 4.78 is 0. The van der Waals surface area contributed by atoms with Crippen LogP contribution in [0.1, 0.15) is 46.7 Å². The Labute approximate surface area is 206 Å². The number of carbonyl (C=O) groups excluding carboxylic acids is 2. The summed E-state index contributed by atoms with van der Waals surface area (Å²) in [7, 11) is 0. The fraction of sp³-hybridized carbons (Fsp3) is 0.357. The minimum atomic E-state index is -0.0630. The predicted octanol–water partition coefficient (Wildman–Crippen LogP) is 4.27. The lowest BCUT2D eigenvalue weighted by atomic mass is 9.89. The molecule has 3 aromatic rings. The van der Waals surface area contributed by atoms with Gasteiger partial charge in [-0.2, -0.15) is 5.10 Å². The molecule has 2 aliphatic rings. The van der Waals surface area contributed by atoms with E-state index in [0.717, 1.165) is 61.5 Å². The van der Waals surface area contributed by atoms with Crippen LogP contribution < -0.4 is 10.2 Å². The first-order valence-corrected chi connectivity index (χ1v) is 12.4. The monoisotopic (exact) mass is 469 g/mol. The van der Waals surface area contributed by atoms with Gasteiger partial charge in [0.05, 0.1) is 5.92 Å². The van der Waals surface area contributed by atoms with Crippen molar-refractivity contribution in [3.63, 3.8) is 0 Å². The molecule has 2 aliphatic heterocycles. The van der Waals surface area contributed by atoms with E-state index >= 15 is 0 Å². The SMILES string of the molecule is Cc1cccc(C(=O)N2CCC(c3ccc(NC(=O)[C@H]4CCN(c5cccnn5)C4)cc3)CC2)c1. The van der Waals surface area contributed by atoms with Crippen LogP contribution in [0.3, 0.4) is 0 Å². The Morgan fingerprint density at radius 1 is 0.943 bits per heavy atom. The highest BCUT2D eigenvalue weighted by molar-refractivity contribution is 5.94. The zero-order chi connectivity index (χ0) is 24.2. The largest absolute Gasteiger partial charge is 0.354 e. The molecule has 0 radical (unpaired) electrons. The molecule has 1 N–H and O–H groups in total. The highest BCUT2D eigenvalue weighted by Gasteiger charge is 2.29. The Hall–Kier alpha value is -3.74. The molecule has 0 bridgehead atoms. The van der Waals surface area contributed by atoms with Gasteiger partial charge in [0.1, 0.15) is 0 Å². The number of likely N-dealkylation sites (tertiary alicyclic amines) is 1. The summed E-state index contributed by atoms with van der Waals surface area (Å²) in [5.74, 6) is 1.35. The topological polar surface area (TPSA) is 78.4 Å². The summed E-state index contributed by atoms with van der Waals surface area (Å²) in [5, 5.41) is 11.2. The minimum Gasteiger partial charge on any atom is -0.354 e. The van der Waals surface area contributed by atoms with E-state index in [-0.39, 0.29) is 17.7 Å². The predicted molar refractivity (Wildman–Crippen MR) is 136 cm³/mol. The molecule has 2 fully saturated rings. The Balaban J connectivity index is 1.12. The van der Waals surface area contributed by atoms with Crippen LogP contribution in [-0.4, -0.2) is 53.1 Å². The Morgan fingerprint density at radius 3 is 2.46 bits per heavy atom. The van der Waals surface area contributed by atoms with Gasteiger partial charge in [-0.25, -0.2) is 0 Å². The third-order valence-electron chi connectivity index (χ3n) is 7.14. The maximum absolute atomic E-state index is 12.8. The molecule has 2 aromatic carbocycles. The maximum atomic E-state index is 12.8. The van der Waals surface area contributed by atoms with E-state index in [2.05, 4.69) is 32.5 Å². The van der Waals surface area contributed by atoms with Crippen LogP contribution in [0.15, 0.2) is 66.9 Å². The number of nitrogens with zero attached hydrogens (tertiary/aromatic N) is 4. The number of hydrogen-bond donors (Lipinski definition) is 1. The van der Waals surface area contributed by atoms with Gasteiger partial charge in [0.25, 0.3) is 5.91 Å². The number of hydrogen-bond acceptors (Lipinski definition) is 5. The minimum absolute atomic E-state index is 0.0482. The summed E-state index contributed by atoms with van der Waals surface area (Å²) in [4.78, 5) is 29.7. The third-order valence-corrected chi connectivity index (χ3v) is 7.14. The molecule has 2 amide bonds. The number of rotatable bonds is 5. The summed E-state index contributed by atoms with van der Waals surface area (Å²) in [6.07, 6.45) is 4.36. The van der Waals surface area contributed by atoms with Crippen molar-refractivity contribution in [3.05, 3.63) is 83.6 Å². The average Bonchev–Trinajstić information content (AvgIpc) is 3.40. The van der Waals surface area contributed by atoms with Gasteiger partial charge < -0.3 is 15.1 Å². The van der Waals surface area contributed by atoms with Crippen LogP contribution in [0.25, 0.3) is 0 Å². The second-order valence-electron chi connectivity index (χ2n) is 9.56. The fourth-order valence-electron chi connectivity index (χ4n) is 5.10. The molecule has 1 aromatic heterocycles. The van der Waals surface area contributed by atoms with Crippen LogP contribution >= 0.6 is 0 Å². The molecule has 3 heterocycles. The van der Waals surface area contributed by atoms with Crippen molar-refractivity contribution < 1.29 is 9.59 Å². The normalized spacial score (nSPS) is 18.5. The molecular weight excluding hydrogens is 438 g/mol. The smallest absolute Gasteiger partial charge is 0.253 e. The number of amides is 2. The van der Waals surface area contributed by atoms with Crippen LogP contribution in [0, 0.1) is 12.8 Å². The van der Waals surface area contributed by atoms with Crippen LogP contribution in [-0.2, 0) is 4.79 Å². The molecule has 0 aliphatic carbocycles. The molecule has 35 heavy (non-hydrogen) atoms. The molecule has 0 spiro atoms. The summed E-state index contributed by atoms with van der Waals surface area (Å²) in [6, 6.07) is 19.8. The van der Waals surface area contributed by atoms with Crippen molar-refractivity contribution in [2.24, 2.45) is 5.92 Å². The summed E-state index contributed by atoms with van der Waals surface area (Å²) in [5.41, 5.74) is 3.96. The van der Waals surface area contributed by atoms with E-state index in [0.29, 0.717) is 12.5 Å². The van der Waals surface area contributed by atoms with E-state index in [4.69, 9.17) is 0 Å². The van der Waals surface area contributed by atoms with Gasteiger partial charge in [-0.1, -0.05) is 29.8 Å². The first-order valence-electron chi connectivity index (χ1n) is 12.4. The molecule has 0 saturated carbocycles. The number of piperidine rings is 1. The summed E-state index contributed by atoms with van der Waals surface area (Å²) >= 11 is 0. The molecular formula is C28H31N5O2. The van der Waals surface area contributed by atoms with Gasteiger partial charge >= 0.3 is 0 Å². The van der Waals surface area contributed by atoms with Crippen LogP contribution in [0.4, 0.5) is 11.5 Å². The lowest BCUT2D eigenvalue weighted by molar-refractivity contribution is -0.119. The quantitative estimate of drug-likeness (QED) is 0.604. The third kappa shape index (κ3) is 5.34. The van der Waals surface area contributed by atoms with Crippen molar-refractivity contribution in [1.82, 2.24) is 15.1 Å². The number of carbonyl (C=O) groups is 2. The number of nitrogens with one attached hydrogen (secondary N) is 1. The first-order chi connectivity index (χ1) is 17.1. The zero-order valence-electron chi connectivity index (χ0n) is 20.1. The van der Waals surface area contributed by atoms with Gasteiger partial charge in [-0.15, -0.1) is 5.10 Å². The van der Waals surface area contributed by atoms with Crippen molar-refractivity contribution in [2.45, 2.75) is 32.1 Å². The standard InChI is InChI=1S/C28H31N5O2/c1-20-4-2-5-23(18-20)28(35)32-15-11-22(12-16-32)21-7-9-25(10-8-21)30-27(34)24-13-17-33(19-24)26-6-3-14-29-31-26/h2-10,14,18,22,24H,11-13,15-17,19H2,1H3,(H,30,34)/t24-/m0/s1. The first kappa shape index (κ1) is 23.0. The van der Waals surface area contributed by atoms with Crippen molar-refractivity contribution in [2.75, 3.05) is 36.4 Å². The molecule has 180 valence electrons. The lowest BCUT2D eigenvalue weighted by Crippen LogP contribution is -2.37. The second-order valence-corrected chi connectivity index (χ2v) is 9.56. The Morgan fingerprint density at radius 2 is 1.74 bits per heavy atom. The van der Waals surface area contributed by atoms with Crippen molar-refractivity contribution in [3.8, 4) is 0 Å². The van der Waals surface area contributed by atoms with Gasteiger partial charge in [0.15, 0.2) is 5.82 Å². The van der Waals surface area contributed by atoms with E-state index in [1.54, 1.807) is 6.20 Å². The van der Waals surface area contributed by atoms with Gasteiger partial charge in [0.2, 0.25) is 5.91 Å². The van der Waals surface area contributed by atoms with E-state index in [1.807, 2.05) is 60.4 Å². The number of aromatic nitrogens is 2. The number of aryl methyl sites for hydroxylation is 1. The highest BCUT2D eigenvalue weighted by Crippen LogP contribution is 2.30. The van der Waals surface area contributed by atoms with E-state index in [1.165, 1.54) is 5.56 Å². The van der Waals surface area contributed by atoms with Gasteiger partial charge in [-0.05, 0) is 74.1 Å². The molecule has 0 unspecified atom stereocenters. The maximum Gasteiger partial charge on any atom is 0.253 e. The molecule has 7 heteroatoms. The van der Waals surface area contributed by atoms with Crippen molar-refractivity contribution in [1.29, 1.82) is 0 Å². The Bertz CT molecular complexity index is 1170. The average molecular weight is 470 g/mol. The highest BCUT2D eigenvalue weighted by atomic mass is 16.2. The van der Waals surface area contributed by atoms with E-state index < -0.39 is 0 Å². The van der Waals surface area contributed by atoms with Crippen LogP contribution in [0.2, 0.25) is 0 Å².